The second-order valence-corrected chi connectivity index (χ2v) is 7.67. The summed E-state index contributed by atoms with van der Waals surface area (Å²) in [5.41, 5.74) is 1.26. The molecule has 0 aliphatic heterocycles. The van der Waals surface area contributed by atoms with Gasteiger partial charge in [0, 0.05) is 18.8 Å². The summed E-state index contributed by atoms with van der Waals surface area (Å²) in [7, 11) is -2.11. The van der Waals surface area contributed by atoms with Gasteiger partial charge in [-0.15, -0.1) is 0 Å². The molecular formula is C14H12ClN5O4S. The molecule has 0 aliphatic carbocycles. The minimum atomic E-state index is -3.50. The maximum absolute atomic E-state index is 11.8. The van der Waals surface area contributed by atoms with Gasteiger partial charge in [0.2, 0.25) is 15.7 Å². The maximum atomic E-state index is 11.8. The second kappa shape index (κ2) is 5.97. The van der Waals surface area contributed by atoms with E-state index in [2.05, 4.69) is 10.1 Å². The Hall–Kier alpha value is -2.72. The maximum Gasteiger partial charge on any atom is 0.333 e. The normalized spacial score (nSPS) is 11.6. The zero-order chi connectivity index (χ0) is 18.4. The van der Waals surface area contributed by atoms with Gasteiger partial charge < -0.3 is 0 Å². The van der Waals surface area contributed by atoms with E-state index in [4.69, 9.17) is 11.6 Å². The van der Waals surface area contributed by atoms with Crippen molar-refractivity contribution in [1.29, 1.82) is 0 Å². The highest BCUT2D eigenvalue weighted by Crippen LogP contribution is 2.32. The zero-order valence-electron chi connectivity index (χ0n) is 13.1. The van der Waals surface area contributed by atoms with Gasteiger partial charge in [0.15, 0.2) is 0 Å². The van der Waals surface area contributed by atoms with Crippen LogP contribution in [0.2, 0.25) is 5.02 Å². The fraction of sp³-hybridized carbons (Fsp3) is 0.143. The van der Waals surface area contributed by atoms with E-state index in [0.29, 0.717) is 11.3 Å². The minimum absolute atomic E-state index is 0.0930. The molecule has 130 valence electrons. The smallest absolute Gasteiger partial charge is 0.272 e. The van der Waals surface area contributed by atoms with Crippen LogP contribution in [0.4, 0.5) is 11.4 Å². The first-order valence-corrected chi connectivity index (χ1v) is 9.13. The number of aromatic nitrogens is 3. The highest BCUT2D eigenvalue weighted by molar-refractivity contribution is 7.92. The quantitative estimate of drug-likeness (QED) is 0.506. The Morgan fingerprint density at radius 1 is 1.32 bits per heavy atom. The van der Waals surface area contributed by atoms with Crippen molar-refractivity contribution >= 4 is 38.6 Å². The van der Waals surface area contributed by atoms with Gasteiger partial charge in [-0.3, -0.25) is 14.4 Å². The number of anilines is 1. The SMILES string of the molecule is CN(c1cc(-c2ccnc3c([N+](=O)[O-])cnn23)ccc1Cl)S(C)(=O)=O. The summed E-state index contributed by atoms with van der Waals surface area (Å²) in [5.74, 6) is 0. The number of hydrogen-bond acceptors (Lipinski definition) is 6. The van der Waals surface area contributed by atoms with E-state index in [1.165, 1.54) is 17.8 Å². The monoisotopic (exact) mass is 381 g/mol. The summed E-state index contributed by atoms with van der Waals surface area (Å²) < 4.78 is 26.0. The molecular weight excluding hydrogens is 370 g/mol. The van der Waals surface area contributed by atoms with E-state index >= 15 is 0 Å². The molecule has 1 aromatic carbocycles. The van der Waals surface area contributed by atoms with Crippen molar-refractivity contribution < 1.29 is 13.3 Å². The summed E-state index contributed by atoms with van der Waals surface area (Å²) in [5, 5.41) is 15.3. The number of nitro groups is 1. The number of fused-ring (bicyclic) bond motifs is 1. The number of benzene rings is 1. The molecule has 0 bridgehead atoms. The lowest BCUT2D eigenvalue weighted by Gasteiger charge is -2.19. The van der Waals surface area contributed by atoms with Gasteiger partial charge in [-0.1, -0.05) is 17.7 Å². The van der Waals surface area contributed by atoms with Crippen LogP contribution < -0.4 is 4.31 Å². The molecule has 0 N–H and O–H groups in total. The Morgan fingerprint density at radius 3 is 2.68 bits per heavy atom. The standard InChI is InChI=1S/C14H12ClN5O4S/c1-18(25(2,23)24)12-7-9(3-4-10(12)15)11-5-6-16-14-13(20(21)22)8-17-19(11)14/h3-8H,1-2H3. The number of rotatable bonds is 4. The van der Waals surface area contributed by atoms with E-state index in [1.54, 1.807) is 24.3 Å². The van der Waals surface area contributed by atoms with E-state index in [9.17, 15) is 18.5 Å². The molecule has 3 aromatic rings. The molecule has 9 nitrogen and oxygen atoms in total. The molecule has 0 atom stereocenters. The van der Waals surface area contributed by atoms with Gasteiger partial charge in [-0.05, 0) is 18.2 Å². The van der Waals surface area contributed by atoms with Gasteiger partial charge >= 0.3 is 5.69 Å². The summed E-state index contributed by atoms with van der Waals surface area (Å²) in [6.07, 6.45) is 3.61. The van der Waals surface area contributed by atoms with Crippen molar-refractivity contribution in [2.75, 3.05) is 17.6 Å². The first-order valence-electron chi connectivity index (χ1n) is 6.91. The minimum Gasteiger partial charge on any atom is -0.272 e. The summed E-state index contributed by atoms with van der Waals surface area (Å²) in [6, 6.07) is 6.42. The lowest BCUT2D eigenvalue weighted by atomic mass is 10.1. The third kappa shape index (κ3) is 3.01. The van der Waals surface area contributed by atoms with Crippen LogP contribution in [0.3, 0.4) is 0 Å². The van der Waals surface area contributed by atoms with Crippen molar-refractivity contribution in [3.63, 3.8) is 0 Å². The molecule has 0 saturated heterocycles. The Labute approximate surface area is 147 Å². The fourth-order valence-corrected chi connectivity index (χ4v) is 3.12. The molecule has 2 aromatic heterocycles. The molecule has 0 fully saturated rings. The molecule has 0 spiro atoms. The molecule has 2 heterocycles. The zero-order valence-corrected chi connectivity index (χ0v) is 14.7. The topological polar surface area (TPSA) is 111 Å². The summed E-state index contributed by atoms with van der Waals surface area (Å²) in [6.45, 7) is 0. The van der Waals surface area contributed by atoms with Crippen LogP contribution in [0, 0.1) is 10.1 Å². The van der Waals surface area contributed by atoms with Gasteiger partial charge in [0.05, 0.1) is 27.6 Å². The van der Waals surface area contributed by atoms with Crippen molar-refractivity contribution in [2.45, 2.75) is 0 Å². The highest BCUT2D eigenvalue weighted by atomic mass is 35.5. The van der Waals surface area contributed by atoms with Crippen LogP contribution in [0.5, 0.6) is 0 Å². The van der Waals surface area contributed by atoms with Crippen LogP contribution in [0.1, 0.15) is 0 Å². The predicted molar refractivity (Wildman–Crippen MR) is 93.3 cm³/mol. The van der Waals surface area contributed by atoms with E-state index in [0.717, 1.165) is 16.8 Å². The molecule has 25 heavy (non-hydrogen) atoms. The summed E-state index contributed by atoms with van der Waals surface area (Å²) in [4.78, 5) is 14.5. The van der Waals surface area contributed by atoms with Crippen molar-refractivity contribution in [1.82, 2.24) is 14.6 Å². The van der Waals surface area contributed by atoms with Crippen molar-refractivity contribution in [2.24, 2.45) is 0 Å². The van der Waals surface area contributed by atoms with Crippen molar-refractivity contribution in [3.8, 4) is 11.3 Å². The first kappa shape index (κ1) is 17.1. The molecule has 0 radical (unpaired) electrons. The van der Waals surface area contributed by atoms with Crippen LogP contribution >= 0.6 is 11.6 Å². The Kier molecular flexibility index (Phi) is 4.09. The summed E-state index contributed by atoms with van der Waals surface area (Å²) >= 11 is 6.12. The molecule has 0 amide bonds. The van der Waals surface area contributed by atoms with Crippen LogP contribution in [-0.4, -0.2) is 41.2 Å². The molecule has 11 heteroatoms. The Morgan fingerprint density at radius 2 is 2.04 bits per heavy atom. The third-order valence-electron chi connectivity index (χ3n) is 3.66. The van der Waals surface area contributed by atoms with Gasteiger partial charge in [-0.25, -0.2) is 17.9 Å². The Balaban J connectivity index is 2.21. The van der Waals surface area contributed by atoms with Gasteiger partial charge in [0.25, 0.3) is 0 Å². The fourth-order valence-electron chi connectivity index (χ4n) is 2.32. The predicted octanol–water partition coefficient (Wildman–Crippen LogP) is 2.35. The van der Waals surface area contributed by atoms with Gasteiger partial charge in [0.1, 0.15) is 6.20 Å². The van der Waals surface area contributed by atoms with Crippen LogP contribution in [0.15, 0.2) is 36.7 Å². The number of hydrogen-bond donors (Lipinski definition) is 0. The number of sulfonamides is 1. The largest absolute Gasteiger partial charge is 0.333 e. The lowest BCUT2D eigenvalue weighted by Crippen LogP contribution is -2.25. The molecule has 0 unspecified atom stereocenters. The van der Waals surface area contributed by atoms with Crippen LogP contribution in [0.25, 0.3) is 16.9 Å². The second-order valence-electron chi connectivity index (χ2n) is 5.25. The number of nitrogens with zero attached hydrogens (tertiary/aromatic N) is 5. The third-order valence-corrected chi connectivity index (χ3v) is 5.17. The number of halogens is 1. The Bertz CT molecular complexity index is 1100. The lowest BCUT2D eigenvalue weighted by molar-refractivity contribution is -0.383. The highest BCUT2D eigenvalue weighted by Gasteiger charge is 2.20. The van der Waals surface area contributed by atoms with Crippen molar-refractivity contribution in [3.05, 3.63) is 51.8 Å². The molecule has 0 aliphatic rings. The first-order chi connectivity index (χ1) is 11.7. The average molecular weight is 382 g/mol. The van der Waals surface area contributed by atoms with E-state index in [1.807, 2.05) is 0 Å². The molecule has 0 saturated carbocycles. The van der Waals surface area contributed by atoms with Crippen LogP contribution in [-0.2, 0) is 10.0 Å². The van der Waals surface area contributed by atoms with E-state index < -0.39 is 14.9 Å². The van der Waals surface area contributed by atoms with Gasteiger partial charge in [-0.2, -0.15) is 5.10 Å². The molecule has 3 rings (SSSR count). The average Bonchev–Trinajstić information content (AvgIpc) is 2.98. The van der Waals surface area contributed by atoms with E-state index in [-0.39, 0.29) is 22.0 Å².